The molecule has 1 atom stereocenters. The molecule has 102 valence electrons. The normalized spacial score (nSPS) is 20.9. The van der Waals surface area contributed by atoms with Gasteiger partial charge in [0.1, 0.15) is 0 Å². The second-order valence-electron chi connectivity index (χ2n) is 5.25. The number of rotatable bonds is 2. The molecule has 3 rings (SSSR count). The van der Waals surface area contributed by atoms with Gasteiger partial charge in [0.25, 0.3) is 0 Å². The van der Waals surface area contributed by atoms with Gasteiger partial charge in [0.2, 0.25) is 0 Å². The molecule has 1 heterocycles. The van der Waals surface area contributed by atoms with E-state index in [2.05, 4.69) is 53.9 Å². The van der Waals surface area contributed by atoms with Gasteiger partial charge in [-0.15, -0.1) is 11.3 Å². The van der Waals surface area contributed by atoms with Crippen LogP contribution in [0.4, 0.5) is 0 Å². The van der Waals surface area contributed by atoms with Crippen LogP contribution in [0.5, 0.6) is 0 Å². The van der Waals surface area contributed by atoms with Gasteiger partial charge in [-0.1, -0.05) is 41.1 Å². The van der Waals surface area contributed by atoms with E-state index in [4.69, 9.17) is 5.21 Å². The van der Waals surface area contributed by atoms with E-state index in [9.17, 15) is 0 Å². The molecule has 2 aromatic rings. The minimum absolute atomic E-state index is 0.419. The van der Waals surface area contributed by atoms with Crippen LogP contribution in [-0.4, -0.2) is 10.9 Å². The molecule has 0 bridgehead atoms. The number of nitrogens with zero attached hydrogens (tertiary/aromatic N) is 1. The predicted molar refractivity (Wildman–Crippen MR) is 84.7 cm³/mol. The molecule has 3 heteroatoms. The number of oxime groups is 1. The number of allylic oxidation sites excluding steroid dienone is 2. The minimum atomic E-state index is 0.419. The van der Waals surface area contributed by atoms with Crippen LogP contribution in [0.25, 0.3) is 5.57 Å². The Balaban J connectivity index is 1.93. The van der Waals surface area contributed by atoms with Gasteiger partial charge in [0.15, 0.2) is 0 Å². The van der Waals surface area contributed by atoms with E-state index in [1.165, 1.54) is 21.6 Å². The largest absolute Gasteiger partial charge is 0.411 e. The Bertz CT molecular complexity index is 638. The zero-order valence-corrected chi connectivity index (χ0v) is 12.2. The Kier molecular flexibility index (Phi) is 3.70. The Morgan fingerprint density at radius 1 is 1.15 bits per heavy atom. The molecule has 1 aromatic heterocycles. The lowest BCUT2D eigenvalue weighted by atomic mass is 9.83. The predicted octanol–water partition coefficient (Wildman–Crippen LogP) is 4.85. The van der Waals surface area contributed by atoms with Gasteiger partial charge in [0.05, 0.1) is 5.71 Å². The summed E-state index contributed by atoms with van der Waals surface area (Å²) in [4.78, 5) is 1.36. The third-order valence-electron chi connectivity index (χ3n) is 3.76. The monoisotopic (exact) mass is 283 g/mol. The fourth-order valence-corrected chi connectivity index (χ4v) is 3.50. The van der Waals surface area contributed by atoms with Gasteiger partial charge < -0.3 is 5.21 Å². The average molecular weight is 283 g/mol. The van der Waals surface area contributed by atoms with E-state index < -0.39 is 0 Å². The van der Waals surface area contributed by atoms with Crippen LogP contribution >= 0.6 is 11.3 Å². The molecule has 0 saturated carbocycles. The smallest absolute Gasteiger partial charge is 0.0805 e. The van der Waals surface area contributed by atoms with Crippen LogP contribution < -0.4 is 0 Å². The summed E-state index contributed by atoms with van der Waals surface area (Å²) in [5, 5.41) is 14.7. The van der Waals surface area contributed by atoms with Crippen molar-refractivity contribution in [1.82, 2.24) is 0 Å². The second-order valence-corrected chi connectivity index (χ2v) is 6.23. The van der Waals surface area contributed by atoms with Gasteiger partial charge in [-0.05, 0) is 42.0 Å². The average Bonchev–Trinajstić information content (AvgIpc) is 3.02. The standard InChI is InChI=1S/C17H17NOS/c1-12-4-6-13(7-5-12)14-9-15(11-16(10-14)18-19)17-3-2-8-20-17/h2-8,10,15,19H,9,11H2,1H3/b18-16-. The SMILES string of the molecule is Cc1ccc(C2=C/C(=N/O)CC(c3cccs3)C2)cc1. The summed E-state index contributed by atoms with van der Waals surface area (Å²) in [6.07, 6.45) is 3.84. The first-order valence-corrected chi connectivity index (χ1v) is 7.66. The van der Waals surface area contributed by atoms with Crippen molar-refractivity contribution in [3.63, 3.8) is 0 Å². The molecular formula is C17H17NOS. The van der Waals surface area contributed by atoms with Crippen molar-refractivity contribution in [2.75, 3.05) is 0 Å². The van der Waals surface area contributed by atoms with Gasteiger partial charge in [-0.2, -0.15) is 0 Å². The maximum absolute atomic E-state index is 9.16. The van der Waals surface area contributed by atoms with Gasteiger partial charge in [0, 0.05) is 17.2 Å². The summed E-state index contributed by atoms with van der Waals surface area (Å²) in [5.74, 6) is 0.419. The van der Waals surface area contributed by atoms with Crippen LogP contribution in [0.15, 0.2) is 53.0 Å². The molecule has 1 aliphatic rings. The highest BCUT2D eigenvalue weighted by Gasteiger charge is 2.22. The molecule has 2 nitrogen and oxygen atoms in total. The van der Waals surface area contributed by atoms with Crippen molar-refractivity contribution in [2.24, 2.45) is 5.16 Å². The molecule has 0 aliphatic heterocycles. The topological polar surface area (TPSA) is 32.6 Å². The molecule has 0 fully saturated rings. The molecule has 0 radical (unpaired) electrons. The number of benzene rings is 1. The molecular weight excluding hydrogens is 266 g/mol. The number of thiophene rings is 1. The van der Waals surface area contributed by atoms with E-state index in [-0.39, 0.29) is 0 Å². The lowest BCUT2D eigenvalue weighted by molar-refractivity contribution is 0.317. The summed E-state index contributed by atoms with van der Waals surface area (Å²) in [7, 11) is 0. The summed E-state index contributed by atoms with van der Waals surface area (Å²) in [6, 6.07) is 12.8. The maximum atomic E-state index is 9.16. The van der Waals surface area contributed by atoms with Crippen molar-refractivity contribution in [3.8, 4) is 0 Å². The number of hydrogen-bond acceptors (Lipinski definition) is 3. The van der Waals surface area contributed by atoms with E-state index >= 15 is 0 Å². The van der Waals surface area contributed by atoms with Gasteiger partial charge in [-0.25, -0.2) is 0 Å². The fraction of sp³-hybridized carbons (Fsp3) is 0.235. The fourth-order valence-electron chi connectivity index (χ4n) is 2.67. The number of hydrogen-bond donors (Lipinski definition) is 1. The van der Waals surface area contributed by atoms with Gasteiger partial charge >= 0.3 is 0 Å². The minimum Gasteiger partial charge on any atom is -0.411 e. The molecule has 0 saturated heterocycles. The van der Waals surface area contributed by atoms with E-state index in [0.29, 0.717) is 5.92 Å². The van der Waals surface area contributed by atoms with Crippen LogP contribution in [-0.2, 0) is 0 Å². The Morgan fingerprint density at radius 3 is 2.60 bits per heavy atom. The van der Waals surface area contributed by atoms with Crippen molar-refractivity contribution in [1.29, 1.82) is 0 Å². The first-order chi connectivity index (χ1) is 9.76. The summed E-state index contributed by atoms with van der Waals surface area (Å²) < 4.78 is 0. The highest BCUT2D eigenvalue weighted by atomic mass is 32.1. The molecule has 0 amide bonds. The van der Waals surface area contributed by atoms with E-state index in [0.717, 1.165) is 18.6 Å². The zero-order chi connectivity index (χ0) is 13.9. The lowest BCUT2D eigenvalue weighted by Gasteiger charge is -2.22. The molecule has 1 unspecified atom stereocenters. The van der Waals surface area contributed by atoms with Crippen molar-refractivity contribution < 1.29 is 5.21 Å². The Hall–Kier alpha value is -1.87. The molecule has 20 heavy (non-hydrogen) atoms. The summed E-state index contributed by atoms with van der Waals surface area (Å²) in [5.41, 5.74) is 4.50. The summed E-state index contributed by atoms with van der Waals surface area (Å²) in [6.45, 7) is 2.09. The highest BCUT2D eigenvalue weighted by molar-refractivity contribution is 7.10. The van der Waals surface area contributed by atoms with E-state index in [1.807, 2.05) is 6.08 Å². The quantitative estimate of drug-likeness (QED) is 0.620. The highest BCUT2D eigenvalue weighted by Crippen LogP contribution is 2.38. The van der Waals surface area contributed by atoms with Crippen LogP contribution in [0.2, 0.25) is 0 Å². The third-order valence-corrected chi connectivity index (χ3v) is 4.79. The first-order valence-electron chi connectivity index (χ1n) is 6.78. The molecule has 0 spiro atoms. The zero-order valence-electron chi connectivity index (χ0n) is 11.4. The van der Waals surface area contributed by atoms with Gasteiger partial charge in [-0.3, -0.25) is 0 Å². The summed E-state index contributed by atoms with van der Waals surface area (Å²) >= 11 is 1.78. The van der Waals surface area contributed by atoms with E-state index in [1.54, 1.807) is 11.3 Å². The molecule has 1 aromatic carbocycles. The maximum Gasteiger partial charge on any atom is 0.0805 e. The van der Waals surface area contributed by atoms with Crippen molar-refractivity contribution in [2.45, 2.75) is 25.7 Å². The second kappa shape index (κ2) is 5.63. The lowest BCUT2D eigenvalue weighted by Crippen LogP contribution is -2.11. The third kappa shape index (κ3) is 2.68. The Labute approximate surface area is 123 Å². The Morgan fingerprint density at radius 2 is 1.95 bits per heavy atom. The molecule has 1 aliphatic carbocycles. The molecule has 1 N–H and O–H groups in total. The van der Waals surface area contributed by atoms with Crippen molar-refractivity contribution in [3.05, 3.63) is 63.9 Å². The van der Waals surface area contributed by atoms with Crippen LogP contribution in [0, 0.1) is 6.92 Å². The number of aryl methyl sites for hydroxylation is 1. The van der Waals surface area contributed by atoms with Crippen LogP contribution in [0.3, 0.4) is 0 Å². The van der Waals surface area contributed by atoms with Crippen molar-refractivity contribution >= 4 is 22.6 Å². The first kappa shape index (κ1) is 13.1. The van der Waals surface area contributed by atoms with Crippen LogP contribution in [0.1, 0.15) is 34.8 Å².